The van der Waals surface area contributed by atoms with Crippen LogP contribution in [0.3, 0.4) is 0 Å². The minimum Gasteiger partial charge on any atom is -0.394 e. The van der Waals surface area contributed by atoms with Crippen LogP contribution in [0, 0.1) is 0 Å². The lowest BCUT2D eigenvalue weighted by Crippen LogP contribution is -2.53. The van der Waals surface area contributed by atoms with Crippen molar-refractivity contribution in [1.82, 2.24) is 5.32 Å². The Labute approximate surface area is 311 Å². The molecule has 0 aliphatic rings. The van der Waals surface area contributed by atoms with Crippen LogP contribution in [-0.4, -0.2) is 57.3 Å². The quantitative estimate of drug-likeness (QED) is 0.0406. The lowest BCUT2D eigenvalue weighted by molar-refractivity contribution is -0.132. The maximum Gasteiger partial charge on any atom is 0.249 e. The molecule has 6 heteroatoms. The molecule has 1 amide bonds. The molecule has 0 aliphatic carbocycles. The van der Waals surface area contributed by atoms with Crippen molar-refractivity contribution < 1.29 is 25.2 Å². The van der Waals surface area contributed by atoms with Crippen LogP contribution in [0.5, 0.6) is 0 Å². The molecular formula is C44H89NO5. The zero-order chi connectivity index (χ0) is 36.8. The fourth-order valence-electron chi connectivity index (χ4n) is 7.23. The van der Waals surface area contributed by atoms with Gasteiger partial charge in [0.1, 0.15) is 12.2 Å². The Morgan fingerprint density at radius 1 is 0.420 bits per heavy atom. The van der Waals surface area contributed by atoms with Crippen LogP contribution >= 0.6 is 0 Å². The molecule has 0 rings (SSSR count). The van der Waals surface area contributed by atoms with Gasteiger partial charge in [0.2, 0.25) is 5.91 Å². The van der Waals surface area contributed by atoms with Crippen molar-refractivity contribution in [2.45, 2.75) is 269 Å². The van der Waals surface area contributed by atoms with Crippen LogP contribution < -0.4 is 5.32 Å². The number of hydrogen-bond acceptors (Lipinski definition) is 5. The van der Waals surface area contributed by atoms with Crippen molar-refractivity contribution in [2.75, 3.05) is 6.61 Å². The molecule has 0 radical (unpaired) electrons. The van der Waals surface area contributed by atoms with Gasteiger partial charge in [0.25, 0.3) is 0 Å². The number of amides is 1. The number of rotatable bonds is 41. The second-order valence-electron chi connectivity index (χ2n) is 15.8. The molecular weight excluding hydrogens is 622 g/mol. The third-order valence-corrected chi connectivity index (χ3v) is 10.8. The maximum absolute atomic E-state index is 12.5. The Morgan fingerprint density at radius 3 is 0.960 bits per heavy atom. The number of carbonyl (C=O) groups excluding carboxylic acids is 1. The van der Waals surface area contributed by atoms with Gasteiger partial charge in [-0.25, -0.2) is 0 Å². The van der Waals surface area contributed by atoms with E-state index in [0.29, 0.717) is 12.8 Å². The lowest BCUT2D eigenvalue weighted by atomic mass is 9.99. The van der Waals surface area contributed by atoms with Crippen molar-refractivity contribution in [3.8, 4) is 0 Å². The Balaban J connectivity index is 3.66. The van der Waals surface area contributed by atoms with Crippen LogP contribution in [0.2, 0.25) is 0 Å². The summed E-state index contributed by atoms with van der Waals surface area (Å²) in [6, 6.07) is -0.978. The van der Waals surface area contributed by atoms with Crippen LogP contribution in [-0.2, 0) is 4.79 Å². The van der Waals surface area contributed by atoms with Crippen LogP contribution in [0.15, 0.2) is 0 Å². The van der Waals surface area contributed by atoms with E-state index in [4.69, 9.17) is 0 Å². The molecule has 0 aliphatic heterocycles. The summed E-state index contributed by atoms with van der Waals surface area (Å²) in [5.41, 5.74) is 0. The molecule has 0 saturated carbocycles. The number of nitrogens with one attached hydrogen (secondary N) is 1. The molecule has 4 unspecified atom stereocenters. The number of carbonyl (C=O) groups is 1. The number of unbranched alkanes of at least 4 members (excludes halogenated alkanes) is 32. The van der Waals surface area contributed by atoms with Crippen molar-refractivity contribution in [1.29, 1.82) is 0 Å². The van der Waals surface area contributed by atoms with Gasteiger partial charge in [0.15, 0.2) is 0 Å². The van der Waals surface area contributed by atoms with E-state index in [9.17, 15) is 25.2 Å². The average molecular weight is 712 g/mol. The molecule has 0 spiro atoms. The normalized spacial score (nSPS) is 14.1. The van der Waals surface area contributed by atoms with E-state index in [1.54, 1.807) is 0 Å². The zero-order valence-electron chi connectivity index (χ0n) is 33.7. The second-order valence-corrected chi connectivity index (χ2v) is 15.8. The van der Waals surface area contributed by atoms with E-state index >= 15 is 0 Å². The first kappa shape index (κ1) is 49.3. The first-order valence-electron chi connectivity index (χ1n) is 22.4. The van der Waals surface area contributed by atoms with Crippen LogP contribution in [0.25, 0.3) is 0 Å². The second kappa shape index (κ2) is 39.5. The number of aliphatic hydroxyl groups excluding tert-OH is 4. The third kappa shape index (κ3) is 33.2. The molecule has 4 atom stereocenters. The minimum atomic E-state index is -1.25. The maximum atomic E-state index is 12.5. The van der Waals surface area contributed by atoms with Crippen LogP contribution in [0.4, 0.5) is 0 Å². The van der Waals surface area contributed by atoms with Gasteiger partial charge in [-0.15, -0.1) is 0 Å². The summed E-state index contributed by atoms with van der Waals surface area (Å²) >= 11 is 0. The first-order valence-corrected chi connectivity index (χ1v) is 22.4. The molecule has 0 aromatic heterocycles. The third-order valence-electron chi connectivity index (χ3n) is 10.8. The standard InChI is InChI=1S/C44H89NO5/c1-3-5-7-9-11-13-15-17-18-19-20-21-22-23-24-26-28-30-32-34-36-38-42(48)44(50)45-40(39-46)43(49)41(47)37-35-33-31-29-27-25-16-14-12-10-8-6-4-2/h40-43,46-49H,3-39H2,1-2H3,(H,45,50). The highest BCUT2D eigenvalue weighted by molar-refractivity contribution is 5.80. The zero-order valence-corrected chi connectivity index (χ0v) is 33.7. The topological polar surface area (TPSA) is 110 Å². The van der Waals surface area contributed by atoms with Gasteiger partial charge in [0, 0.05) is 0 Å². The molecule has 5 N–H and O–H groups in total. The van der Waals surface area contributed by atoms with Gasteiger partial charge < -0.3 is 25.7 Å². The molecule has 0 aromatic carbocycles. The summed E-state index contributed by atoms with van der Waals surface area (Å²) < 4.78 is 0. The fraction of sp³-hybridized carbons (Fsp3) is 0.977. The van der Waals surface area contributed by atoms with Crippen molar-refractivity contribution in [2.24, 2.45) is 0 Å². The van der Waals surface area contributed by atoms with E-state index in [2.05, 4.69) is 19.2 Å². The van der Waals surface area contributed by atoms with Crippen LogP contribution in [0.1, 0.15) is 245 Å². The van der Waals surface area contributed by atoms with Crippen molar-refractivity contribution in [3.63, 3.8) is 0 Å². The van der Waals surface area contributed by atoms with Gasteiger partial charge in [-0.3, -0.25) is 4.79 Å². The summed E-state index contributed by atoms with van der Waals surface area (Å²) in [6.07, 6.45) is 41.3. The molecule has 0 saturated heterocycles. The molecule has 50 heavy (non-hydrogen) atoms. The van der Waals surface area contributed by atoms with E-state index in [0.717, 1.165) is 38.5 Å². The van der Waals surface area contributed by atoms with Gasteiger partial charge >= 0.3 is 0 Å². The largest absolute Gasteiger partial charge is 0.394 e. The monoisotopic (exact) mass is 712 g/mol. The average Bonchev–Trinajstić information content (AvgIpc) is 3.12. The Kier molecular flexibility index (Phi) is 39.0. The summed E-state index contributed by atoms with van der Waals surface area (Å²) in [6.45, 7) is 4.06. The van der Waals surface area contributed by atoms with E-state index in [-0.39, 0.29) is 0 Å². The Hall–Kier alpha value is -0.690. The highest BCUT2D eigenvalue weighted by atomic mass is 16.3. The Bertz CT molecular complexity index is 677. The molecule has 0 aromatic rings. The Morgan fingerprint density at radius 2 is 0.680 bits per heavy atom. The van der Waals surface area contributed by atoms with E-state index in [1.165, 1.54) is 180 Å². The molecule has 300 valence electrons. The predicted octanol–water partition coefficient (Wildman–Crippen LogP) is 11.6. The first-order chi connectivity index (χ1) is 24.5. The van der Waals surface area contributed by atoms with Gasteiger partial charge in [-0.1, -0.05) is 232 Å². The summed E-state index contributed by atoms with van der Waals surface area (Å²) in [4.78, 5) is 12.5. The molecule has 0 bridgehead atoms. The van der Waals surface area contributed by atoms with Crippen molar-refractivity contribution in [3.05, 3.63) is 0 Å². The predicted molar refractivity (Wildman–Crippen MR) is 215 cm³/mol. The lowest BCUT2D eigenvalue weighted by Gasteiger charge is -2.27. The van der Waals surface area contributed by atoms with Gasteiger partial charge in [0.05, 0.1) is 18.8 Å². The summed E-state index contributed by atoms with van der Waals surface area (Å²) in [5, 5.41) is 43.7. The van der Waals surface area contributed by atoms with Crippen molar-refractivity contribution >= 4 is 5.91 Å². The van der Waals surface area contributed by atoms with Gasteiger partial charge in [-0.2, -0.15) is 0 Å². The van der Waals surface area contributed by atoms with E-state index < -0.39 is 36.9 Å². The smallest absolute Gasteiger partial charge is 0.249 e. The highest BCUT2D eigenvalue weighted by Gasteiger charge is 2.28. The molecule has 0 fully saturated rings. The van der Waals surface area contributed by atoms with E-state index in [1.807, 2.05) is 0 Å². The van der Waals surface area contributed by atoms with Gasteiger partial charge in [-0.05, 0) is 12.8 Å². The summed E-state index contributed by atoms with van der Waals surface area (Å²) in [7, 11) is 0. The number of aliphatic hydroxyl groups is 4. The fourth-order valence-corrected chi connectivity index (χ4v) is 7.23. The summed E-state index contributed by atoms with van der Waals surface area (Å²) in [5.74, 6) is -0.579. The minimum absolute atomic E-state index is 0.376. The molecule has 6 nitrogen and oxygen atoms in total. The molecule has 0 heterocycles. The highest BCUT2D eigenvalue weighted by Crippen LogP contribution is 2.17. The number of hydrogen-bond donors (Lipinski definition) is 5. The SMILES string of the molecule is CCCCCCCCCCCCCCCCCCCCCCCC(O)C(=O)NC(CO)C(O)C(O)CCCCCCCCCCCCCCC.